The molecule has 2 unspecified atom stereocenters. The van der Waals surface area contributed by atoms with Gasteiger partial charge in [0.1, 0.15) is 11.9 Å². The van der Waals surface area contributed by atoms with E-state index in [1.807, 2.05) is 17.9 Å². The van der Waals surface area contributed by atoms with E-state index >= 15 is 0 Å². The molecular weight excluding hydrogens is 421 g/mol. The molecule has 32 heavy (non-hydrogen) atoms. The first-order valence-corrected chi connectivity index (χ1v) is 11.0. The van der Waals surface area contributed by atoms with E-state index in [0.29, 0.717) is 31.6 Å². The highest BCUT2D eigenvalue weighted by atomic mass is 19.1. The molecule has 2 saturated heterocycles. The van der Waals surface area contributed by atoms with Crippen LogP contribution in [0.25, 0.3) is 0 Å². The second kappa shape index (κ2) is 9.85. The highest BCUT2D eigenvalue weighted by molar-refractivity contribution is 5.79. The van der Waals surface area contributed by atoms with Crippen LogP contribution in [0.4, 0.5) is 13.2 Å². The Kier molecular flexibility index (Phi) is 6.93. The third-order valence-electron chi connectivity index (χ3n) is 6.36. The molecule has 0 radical (unpaired) electrons. The van der Waals surface area contributed by atoms with E-state index in [0.717, 1.165) is 38.0 Å². The lowest BCUT2D eigenvalue weighted by atomic mass is 9.91. The number of piperidine rings is 2. The van der Waals surface area contributed by atoms with Crippen molar-refractivity contribution in [3.8, 4) is 5.75 Å². The molecule has 2 aliphatic rings. The molecule has 3 heterocycles. The van der Waals surface area contributed by atoms with Gasteiger partial charge in [0.2, 0.25) is 5.91 Å². The van der Waals surface area contributed by atoms with Crippen molar-refractivity contribution in [1.82, 2.24) is 20.0 Å². The van der Waals surface area contributed by atoms with E-state index in [4.69, 9.17) is 4.74 Å². The maximum Gasteiger partial charge on any atom is 0.225 e. The van der Waals surface area contributed by atoms with Gasteiger partial charge in [-0.1, -0.05) is 6.92 Å². The number of aromatic nitrogens is 2. The van der Waals surface area contributed by atoms with Gasteiger partial charge < -0.3 is 9.64 Å². The quantitative estimate of drug-likeness (QED) is 0.702. The minimum atomic E-state index is -1.05. The Morgan fingerprint density at radius 3 is 2.44 bits per heavy atom. The first-order valence-electron chi connectivity index (χ1n) is 11.0. The standard InChI is InChI=1S/C23H27F3N4O2/c1-15-13-30(9-5-21(15)32-22-19(25)10-18(24)11-20(22)26)23(31)17-3-7-29(8-4-17)14-16-2-6-27-28-12-16/h2,6,10-12,15,17,21H,3-5,7-9,13-14H2,1H3. The molecule has 1 aromatic heterocycles. The molecule has 2 aromatic rings. The fraction of sp³-hybridized carbons (Fsp3) is 0.522. The van der Waals surface area contributed by atoms with Gasteiger partial charge in [-0.25, -0.2) is 13.2 Å². The highest BCUT2D eigenvalue weighted by Gasteiger charge is 2.35. The zero-order valence-corrected chi connectivity index (χ0v) is 18.0. The predicted molar refractivity (Wildman–Crippen MR) is 111 cm³/mol. The number of amides is 1. The number of nitrogens with zero attached hydrogens (tertiary/aromatic N) is 4. The Morgan fingerprint density at radius 2 is 1.81 bits per heavy atom. The number of hydrogen-bond acceptors (Lipinski definition) is 5. The molecule has 2 fully saturated rings. The summed E-state index contributed by atoms with van der Waals surface area (Å²) in [6.07, 6.45) is 5.07. The van der Waals surface area contributed by atoms with E-state index in [2.05, 4.69) is 15.1 Å². The second-order valence-corrected chi connectivity index (χ2v) is 8.71. The van der Waals surface area contributed by atoms with Crippen LogP contribution in [0.5, 0.6) is 5.75 Å². The van der Waals surface area contributed by atoms with Crippen LogP contribution in [0.1, 0.15) is 31.7 Å². The van der Waals surface area contributed by atoms with Gasteiger partial charge in [-0.15, -0.1) is 0 Å². The van der Waals surface area contributed by atoms with Gasteiger partial charge in [0.15, 0.2) is 17.4 Å². The van der Waals surface area contributed by atoms with Gasteiger partial charge >= 0.3 is 0 Å². The Morgan fingerprint density at radius 1 is 1.09 bits per heavy atom. The smallest absolute Gasteiger partial charge is 0.225 e. The van der Waals surface area contributed by atoms with Gasteiger partial charge in [0.05, 0.1) is 6.20 Å². The molecule has 0 saturated carbocycles. The molecule has 9 heteroatoms. The van der Waals surface area contributed by atoms with Crippen LogP contribution in [0.2, 0.25) is 0 Å². The van der Waals surface area contributed by atoms with E-state index in [1.165, 1.54) is 0 Å². The predicted octanol–water partition coefficient (Wildman–Crippen LogP) is 3.42. The maximum atomic E-state index is 13.9. The van der Waals surface area contributed by atoms with Crippen molar-refractivity contribution in [2.45, 2.75) is 38.8 Å². The number of hydrogen-bond donors (Lipinski definition) is 0. The summed E-state index contributed by atoms with van der Waals surface area (Å²) in [5, 5.41) is 7.69. The van der Waals surface area contributed by atoms with Crippen molar-refractivity contribution in [2.24, 2.45) is 11.8 Å². The van der Waals surface area contributed by atoms with Crippen molar-refractivity contribution < 1.29 is 22.7 Å². The van der Waals surface area contributed by atoms with Crippen LogP contribution in [0, 0.1) is 29.3 Å². The zero-order chi connectivity index (χ0) is 22.7. The van der Waals surface area contributed by atoms with Crippen LogP contribution in [0.3, 0.4) is 0 Å². The van der Waals surface area contributed by atoms with Gasteiger partial charge in [-0.2, -0.15) is 10.2 Å². The Bertz CT molecular complexity index is 915. The first-order chi connectivity index (χ1) is 15.4. The number of rotatable bonds is 5. The fourth-order valence-corrected chi connectivity index (χ4v) is 4.56. The van der Waals surface area contributed by atoms with E-state index in [9.17, 15) is 18.0 Å². The van der Waals surface area contributed by atoms with Crippen LogP contribution in [0.15, 0.2) is 30.6 Å². The molecular formula is C23H27F3N4O2. The molecule has 0 aliphatic carbocycles. The summed E-state index contributed by atoms with van der Waals surface area (Å²) in [4.78, 5) is 17.2. The zero-order valence-electron chi connectivity index (χ0n) is 18.0. The summed E-state index contributed by atoms with van der Waals surface area (Å²) in [5.74, 6) is -3.62. The molecule has 1 aromatic carbocycles. The Balaban J connectivity index is 1.28. The minimum absolute atomic E-state index is 0.0153. The molecule has 0 bridgehead atoms. The van der Waals surface area contributed by atoms with E-state index in [-0.39, 0.29) is 17.7 Å². The number of ether oxygens (including phenoxy) is 1. The van der Waals surface area contributed by atoms with Gasteiger partial charge in [0.25, 0.3) is 0 Å². The average Bonchev–Trinajstić information content (AvgIpc) is 2.78. The van der Waals surface area contributed by atoms with Crippen molar-refractivity contribution in [3.05, 3.63) is 53.6 Å². The average molecular weight is 448 g/mol. The normalized spacial score (nSPS) is 22.7. The highest BCUT2D eigenvalue weighted by Crippen LogP contribution is 2.30. The van der Waals surface area contributed by atoms with Crippen molar-refractivity contribution in [2.75, 3.05) is 26.2 Å². The summed E-state index contributed by atoms with van der Waals surface area (Å²) in [5.41, 5.74) is 1.11. The number of likely N-dealkylation sites (tertiary alicyclic amines) is 2. The van der Waals surface area contributed by atoms with Crippen LogP contribution in [-0.4, -0.2) is 58.2 Å². The Labute approximate surface area is 185 Å². The molecule has 172 valence electrons. The van der Waals surface area contributed by atoms with Crippen LogP contribution < -0.4 is 4.74 Å². The van der Waals surface area contributed by atoms with Crippen LogP contribution >= 0.6 is 0 Å². The lowest BCUT2D eigenvalue weighted by Crippen LogP contribution is -2.50. The second-order valence-electron chi connectivity index (χ2n) is 8.71. The molecule has 0 N–H and O–H groups in total. The van der Waals surface area contributed by atoms with Crippen molar-refractivity contribution in [1.29, 1.82) is 0 Å². The molecule has 2 aliphatic heterocycles. The molecule has 0 spiro atoms. The minimum Gasteiger partial charge on any atom is -0.484 e. The monoisotopic (exact) mass is 448 g/mol. The molecule has 2 atom stereocenters. The van der Waals surface area contributed by atoms with E-state index in [1.54, 1.807) is 12.4 Å². The summed E-state index contributed by atoms with van der Waals surface area (Å²) in [6.45, 7) is 5.33. The maximum absolute atomic E-state index is 13.9. The first kappa shape index (κ1) is 22.5. The third kappa shape index (κ3) is 5.20. The number of benzene rings is 1. The van der Waals surface area contributed by atoms with Gasteiger partial charge in [-0.3, -0.25) is 9.69 Å². The molecule has 4 rings (SSSR count). The van der Waals surface area contributed by atoms with Gasteiger partial charge in [0, 0.05) is 56.2 Å². The lowest BCUT2D eigenvalue weighted by Gasteiger charge is -2.40. The van der Waals surface area contributed by atoms with E-state index < -0.39 is 29.3 Å². The number of halogens is 3. The molecule has 6 nitrogen and oxygen atoms in total. The number of carbonyl (C=O) groups excluding carboxylic acids is 1. The molecule has 1 amide bonds. The van der Waals surface area contributed by atoms with Crippen molar-refractivity contribution in [3.63, 3.8) is 0 Å². The number of carbonyl (C=O) groups is 1. The lowest BCUT2D eigenvalue weighted by molar-refractivity contribution is -0.140. The third-order valence-corrected chi connectivity index (χ3v) is 6.36. The largest absolute Gasteiger partial charge is 0.484 e. The summed E-state index contributed by atoms with van der Waals surface area (Å²) >= 11 is 0. The fourth-order valence-electron chi connectivity index (χ4n) is 4.56. The summed E-state index contributed by atoms with van der Waals surface area (Å²) < 4.78 is 46.5. The SMILES string of the molecule is CC1CN(C(=O)C2CCN(Cc3ccnnc3)CC2)CCC1Oc1c(F)cc(F)cc1F. The summed E-state index contributed by atoms with van der Waals surface area (Å²) in [7, 11) is 0. The van der Waals surface area contributed by atoms with Gasteiger partial charge in [-0.05, 0) is 37.6 Å². The van der Waals surface area contributed by atoms with Crippen molar-refractivity contribution >= 4 is 5.91 Å². The summed E-state index contributed by atoms with van der Waals surface area (Å²) in [6, 6.07) is 3.17. The topological polar surface area (TPSA) is 58.6 Å². The Hall–Kier alpha value is -2.68. The van der Waals surface area contributed by atoms with Crippen LogP contribution in [-0.2, 0) is 11.3 Å².